The van der Waals surface area contributed by atoms with Crippen molar-refractivity contribution in [3.63, 3.8) is 0 Å². The molecule has 4 heteroatoms. The van der Waals surface area contributed by atoms with Gasteiger partial charge in [-0.1, -0.05) is 13.0 Å². The maximum Gasteiger partial charge on any atom is 0.0897 e. The van der Waals surface area contributed by atoms with Crippen LogP contribution in [0.2, 0.25) is 0 Å². The molecule has 1 fully saturated rings. The summed E-state index contributed by atoms with van der Waals surface area (Å²) in [6.07, 6.45) is 9.32. The van der Waals surface area contributed by atoms with Gasteiger partial charge in [-0.25, -0.2) is 0 Å². The molecule has 0 spiro atoms. The Kier molecular flexibility index (Phi) is 7.13. The number of rotatable bonds is 8. The second kappa shape index (κ2) is 9.13. The van der Waals surface area contributed by atoms with Crippen LogP contribution in [0.15, 0.2) is 24.5 Å². The van der Waals surface area contributed by atoms with E-state index in [1.165, 1.54) is 18.4 Å². The Balaban J connectivity index is 1.50. The molecule has 1 aliphatic carbocycles. The molecular formula is C17H28N2O2. The highest BCUT2D eigenvalue weighted by Gasteiger charge is 2.19. The van der Waals surface area contributed by atoms with Crippen LogP contribution in [0.1, 0.15) is 38.2 Å². The summed E-state index contributed by atoms with van der Waals surface area (Å²) in [5, 5.41) is 13.2. The van der Waals surface area contributed by atoms with Gasteiger partial charge in [-0.2, -0.15) is 0 Å². The maximum absolute atomic E-state index is 9.93. The third kappa shape index (κ3) is 6.55. The molecule has 1 heterocycles. The molecule has 118 valence electrons. The molecular weight excluding hydrogens is 264 g/mol. The van der Waals surface area contributed by atoms with Crippen LogP contribution in [0, 0.1) is 5.92 Å². The second-order valence-corrected chi connectivity index (χ2v) is 6.18. The van der Waals surface area contributed by atoms with Crippen LogP contribution in [0.5, 0.6) is 0 Å². The van der Waals surface area contributed by atoms with Gasteiger partial charge in [0.25, 0.3) is 0 Å². The van der Waals surface area contributed by atoms with Crippen molar-refractivity contribution in [3.8, 4) is 0 Å². The minimum atomic E-state index is -0.418. The molecule has 1 saturated carbocycles. The number of nitrogens with one attached hydrogen (secondary N) is 1. The largest absolute Gasteiger partial charge is 0.389 e. The molecule has 0 saturated heterocycles. The van der Waals surface area contributed by atoms with Crippen LogP contribution in [-0.2, 0) is 11.2 Å². The molecule has 0 radical (unpaired) electrons. The van der Waals surface area contributed by atoms with Gasteiger partial charge in [0.05, 0.1) is 18.8 Å². The zero-order chi connectivity index (χ0) is 14.9. The van der Waals surface area contributed by atoms with E-state index in [0.717, 1.165) is 31.7 Å². The standard InChI is InChI=1S/C17H28N2O2/c1-14-4-6-17(7-5-14)21-13-16(20)12-19-10-8-15-3-2-9-18-11-15/h2-3,9,11,14,16-17,19-20H,4-8,10,12-13H2,1H3. The Hall–Kier alpha value is -0.970. The van der Waals surface area contributed by atoms with E-state index in [0.29, 0.717) is 19.3 Å². The van der Waals surface area contributed by atoms with Crippen LogP contribution >= 0.6 is 0 Å². The highest BCUT2D eigenvalue weighted by Crippen LogP contribution is 2.25. The summed E-state index contributed by atoms with van der Waals surface area (Å²) in [6.45, 7) is 4.18. The first-order valence-electron chi connectivity index (χ1n) is 8.13. The van der Waals surface area contributed by atoms with Gasteiger partial charge in [-0.3, -0.25) is 4.98 Å². The Morgan fingerprint density at radius 1 is 1.38 bits per heavy atom. The molecule has 1 aliphatic rings. The average molecular weight is 292 g/mol. The molecule has 4 nitrogen and oxygen atoms in total. The van der Waals surface area contributed by atoms with Crippen molar-refractivity contribution in [2.45, 2.75) is 51.2 Å². The van der Waals surface area contributed by atoms with Crippen molar-refractivity contribution < 1.29 is 9.84 Å². The predicted octanol–water partition coefficient (Wildman–Crippen LogP) is 2.17. The normalized spacial score (nSPS) is 23.9. The van der Waals surface area contributed by atoms with Gasteiger partial charge in [-0.15, -0.1) is 0 Å². The Labute approximate surface area is 127 Å². The van der Waals surface area contributed by atoms with Crippen molar-refractivity contribution in [2.75, 3.05) is 19.7 Å². The quantitative estimate of drug-likeness (QED) is 0.721. The summed E-state index contributed by atoms with van der Waals surface area (Å²) in [7, 11) is 0. The van der Waals surface area contributed by atoms with Gasteiger partial charge < -0.3 is 15.2 Å². The number of aliphatic hydroxyl groups is 1. The lowest BCUT2D eigenvalue weighted by molar-refractivity contribution is -0.0277. The molecule has 21 heavy (non-hydrogen) atoms. The van der Waals surface area contributed by atoms with E-state index in [4.69, 9.17) is 4.74 Å². The zero-order valence-corrected chi connectivity index (χ0v) is 13.0. The number of aliphatic hydroxyl groups excluding tert-OH is 1. The number of ether oxygens (including phenoxy) is 1. The minimum Gasteiger partial charge on any atom is -0.389 e. The lowest BCUT2D eigenvalue weighted by Crippen LogP contribution is -2.33. The molecule has 2 rings (SSSR count). The van der Waals surface area contributed by atoms with Crippen LogP contribution in [-0.4, -0.2) is 42.0 Å². The third-order valence-electron chi connectivity index (χ3n) is 4.18. The van der Waals surface area contributed by atoms with Gasteiger partial charge in [-0.05, 0) is 56.2 Å². The lowest BCUT2D eigenvalue weighted by Gasteiger charge is -2.27. The Bertz CT molecular complexity index is 378. The highest BCUT2D eigenvalue weighted by molar-refractivity contribution is 5.08. The summed E-state index contributed by atoms with van der Waals surface area (Å²) in [6, 6.07) is 4.02. The summed E-state index contributed by atoms with van der Waals surface area (Å²) >= 11 is 0. The molecule has 0 amide bonds. The number of aromatic nitrogens is 1. The second-order valence-electron chi connectivity index (χ2n) is 6.18. The minimum absolute atomic E-state index is 0.353. The number of pyridine rings is 1. The van der Waals surface area contributed by atoms with Gasteiger partial charge in [0.1, 0.15) is 0 Å². The first-order chi connectivity index (χ1) is 10.2. The van der Waals surface area contributed by atoms with Gasteiger partial charge in [0, 0.05) is 18.9 Å². The van der Waals surface area contributed by atoms with Crippen molar-refractivity contribution in [3.05, 3.63) is 30.1 Å². The van der Waals surface area contributed by atoms with Crippen molar-refractivity contribution in [2.24, 2.45) is 5.92 Å². The summed E-state index contributed by atoms with van der Waals surface area (Å²) in [4.78, 5) is 4.09. The van der Waals surface area contributed by atoms with Crippen molar-refractivity contribution >= 4 is 0 Å². The van der Waals surface area contributed by atoms with Crippen LogP contribution < -0.4 is 5.32 Å². The third-order valence-corrected chi connectivity index (χ3v) is 4.18. The first-order valence-corrected chi connectivity index (χ1v) is 8.13. The van der Waals surface area contributed by atoms with Gasteiger partial charge in [0.15, 0.2) is 0 Å². The maximum atomic E-state index is 9.93. The van der Waals surface area contributed by atoms with Crippen molar-refractivity contribution in [1.29, 1.82) is 0 Å². The summed E-state index contributed by atoms with van der Waals surface area (Å²) in [5.74, 6) is 0.837. The fourth-order valence-electron chi connectivity index (χ4n) is 2.75. The lowest BCUT2D eigenvalue weighted by atomic mass is 9.89. The van der Waals surface area contributed by atoms with E-state index in [1.54, 1.807) is 6.20 Å². The van der Waals surface area contributed by atoms with E-state index < -0.39 is 6.10 Å². The van der Waals surface area contributed by atoms with E-state index >= 15 is 0 Å². The van der Waals surface area contributed by atoms with Crippen LogP contribution in [0.3, 0.4) is 0 Å². The molecule has 1 unspecified atom stereocenters. The molecule has 0 aliphatic heterocycles. The van der Waals surface area contributed by atoms with E-state index in [-0.39, 0.29) is 0 Å². The Morgan fingerprint density at radius 2 is 2.19 bits per heavy atom. The fraction of sp³-hybridized carbons (Fsp3) is 0.706. The van der Waals surface area contributed by atoms with Crippen molar-refractivity contribution in [1.82, 2.24) is 10.3 Å². The van der Waals surface area contributed by atoms with Crippen LogP contribution in [0.4, 0.5) is 0 Å². The molecule has 0 aromatic carbocycles. The predicted molar refractivity (Wildman–Crippen MR) is 84.2 cm³/mol. The number of hydrogen-bond donors (Lipinski definition) is 2. The first kappa shape index (κ1) is 16.4. The highest BCUT2D eigenvalue weighted by atomic mass is 16.5. The van der Waals surface area contributed by atoms with Crippen LogP contribution in [0.25, 0.3) is 0 Å². The van der Waals surface area contributed by atoms with E-state index in [1.807, 2.05) is 12.3 Å². The Morgan fingerprint density at radius 3 is 2.90 bits per heavy atom. The van der Waals surface area contributed by atoms with Gasteiger partial charge in [0.2, 0.25) is 0 Å². The summed E-state index contributed by atoms with van der Waals surface area (Å²) < 4.78 is 5.81. The fourth-order valence-corrected chi connectivity index (χ4v) is 2.75. The number of nitrogens with zero attached hydrogens (tertiary/aromatic N) is 1. The topological polar surface area (TPSA) is 54.4 Å². The molecule has 0 bridgehead atoms. The average Bonchev–Trinajstić information content (AvgIpc) is 2.52. The molecule has 2 N–H and O–H groups in total. The molecule has 1 aromatic rings. The van der Waals surface area contributed by atoms with Gasteiger partial charge >= 0.3 is 0 Å². The zero-order valence-electron chi connectivity index (χ0n) is 13.0. The SMILES string of the molecule is CC1CCC(OCC(O)CNCCc2cccnc2)CC1. The molecule has 1 aromatic heterocycles. The number of hydrogen-bond acceptors (Lipinski definition) is 4. The smallest absolute Gasteiger partial charge is 0.0897 e. The van der Waals surface area contributed by atoms with E-state index in [9.17, 15) is 5.11 Å². The molecule has 1 atom stereocenters. The monoisotopic (exact) mass is 292 g/mol. The van der Waals surface area contributed by atoms with E-state index in [2.05, 4.69) is 23.3 Å². The summed E-state index contributed by atoms with van der Waals surface area (Å²) in [5.41, 5.74) is 1.21.